The molecule has 0 saturated carbocycles. The minimum absolute atomic E-state index is 0.0175. The quantitative estimate of drug-likeness (QED) is 0.0175. The van der Waals surface area contributed by atoms with Crippen molar-refractivity contribution in [3.63, 3.8) is 0 Å². The van der Waals surface area contributed by atoms with Gasteiger partial charge in [0, 0.05) is 13.0 Å². The van der Waals surface area contributed by atoms with E-state index in [1.54, 1.807) is 41.5 Å². The van der Waals surface area contributed by atoms with Gasteiger partial charge in [-0.2, -0.15) is 0 Å². The smallest absolute Gasteiger partial charge is 0.326 e. The monoisotopic (exact) mass is 1160 g/mol. The molecular weight excluding hydrogens is 1060 g/mol. The molecule has 0 aliphatic carbocycles. The van der Waals surface area contributed by atoms with Gasteiger partial charge in [-0.3, -0.25) is 57.7 Å². The maximum Gasteiger partial charge on any atom is 0.326 e. The minimum Gasteiger partial charge on any atom is -0.481 e. The summed E-state index contributed by atoms with van der Waals surface area (Å²) in [5, 5.41) is 61.9. The number of hydrogen-bond acceptors (Lipinski definition) is 15. The number of carboxylic acids is 3. The molecule has 19 N–H and O–H groups in total. The Labute approximate surface area is 473 Å². The first-order chi connectivity index (χ1) is 37.4. The van der Waals surface area contributed by atoms with Crippen molar-refractivity contribution in [1.29, 1.82) is 0 Å². The first kappa shape index (κ1) is 73.8. The van der Waals surface area contributed by atoms with E-state index in [4.69, 9.17) is 17.2 Å². The van der Waals surface area contributed by atoms with Crippen LogP contribution in [0.25, 0.3) is 0 Å². The van der Waals surface area contributed by atoms with Crippen LogP contribution in [0.5, 0.6) is 0 Å². The van der Waals surface area contributed by atoms with Crippen LogP contribution < -0.4 is 65.1 Å². The molecule has 0 rings (SSSR count). The summed E-state index contributed by atoms with van der Waals surface area (Å²) in [6.07, 6.45) is -3.69. The number of carbonyl (C=O) groups excluding carboxylic acids is 9. The van der Waals surface area contributed by atoms with Gasteiger partial charge < -0.3 is 85.5 Å². The summed E-state index contributed by atoms with van der Waals surface area (Å²) in [6, 6.07) is -14.7. The lowest BCUT2D eigenvalue weighted by molar-refractivity contribution is -0.143. The van der Waals surface area contributed by atoms with E-state index in [1.807, 2.05) is 27.7 Å². The third-order valence-corrected chi connectivity index (χ3v) is 12.4. The minimum atomic E-state index is -1.98. The lowest BCUT2D eigenvalue weighted by Gasteiger charge is -2.30. The molecule has 0 spiro atoms. The molecule has 0 bridgehead atoms. The number of carboxylic acid groups (broad SMARTS) is 3. The number of aliphatic carboxylic acids is 3. The number of carbonyl (C=O) groups is 12. The predicted molar refractivity (Wildman–Crippen MR) is 297 cm³/mol. The summed E-state index contributed by atoms with van der Waals surface area (Å²) < 4.78 is 0. The number of aliphatic hydroxyl groups is 1. The molecule has 462 valence electrons. The van der Waals surface area contributed by atoms with Crippen molar-refractivity contribution in [2.24, 2.45) is 57.7 Å². The van der Waals surface area contributed by atoms with E-state index < -0.39 is 175 Å². The van der Waals surface area contributed by atoms with Crippen LogP contribution in [0.2, 0.25) is 0 Å². The number of nitrogens with two attached hydrogens (primary N) is 3. The van der Waals surface area contributed by atoms with Crippen LogP contribution in [0, 0.1) is 35.5 Å². The zero-order chi connectivity index (χ0) is 62.8. The molecule has 0 saturated heterocycles. The Hall–Kier alpha value is -7.17. The van der Waals surface area contributed by atoms with Crippen LogP contribution in [-0.2, 0) is 57.5 Å². The van der Waals surface area contributed by atoms with E-state index in [0.29, 0.717) is 6.42 Å². The van der Waals surface area contributed by atoms with E-state index in [1.165, 1.54) is 20.8 Å². The number of hydrogen-bond donors (Lipinski definition) is 16. The van der Waals surface area contributed by atoms with Crippen LogP contribution in [0.4, 0.5) is 0 Å². The Morgan fingerprint density at radius 2 is 0.753 bits per heavy atom. The summed E-state index contributed by atoms with van der Waals surface area (Å²) >= 11 is 0. The van der Waals surface area contributed by atoms with Crippen molar-refractivity contribution in [2.75, 3.05) is 6.54 Å². The fourth-order valence-corrected chi connectivity index (χ4v) is 8.05. The molecule has 0 aliphatic rings. The summed E-state index contributed by atoms with van der Waals surface area (Å²) in [7, 11) is 0. The van der Waals surface area contributed by atoms with E-state index in [2.05, 4.69) is 52.8 Å². The van der Waals surface area contributed by atoms with Crippen LogP contribution in [0.1, 0.15) is 141 Å². The summed E-state index contributed by atoms with van der Waals surface area (Å²) in [6.45, 7) is 21.2. The van der Waals surface area contributed by atoms with Crippen LogP contribution >= 0.6 is 0 Å². The normalized spacial score (nSPS) is 15.5. The standard InChI is InChI=1S/C52H93N13O16/c1-23(2)19-30(53)42(71)59-34(21-25(5)6)47(76)62-39(27(9)10)49(78)65-41(29(13)66)50(79)63-38(26(7)8)48(77)58-32(16-17-36(67)68)43(72)61-35(22-37(69)70)46(75)60-33(20-24(3)4)45(74)57-31(15-14-18-56-52(54)55)44(73)64-40(28(11)12)51(80)81/h23-35,38-41,66H,14-22,53H2,1-13H3,(H,57,74)(H,58,77)(H,59,71)(H,60,75)(H,61,72)(H,62,76)(H,63,79)(H,64,73)(H,65,78)(H,67,68)(H,69,70)(H,80,81)(H4,54,55,56)/t29-,30+,31+,32+,33+,34+,35+,38+,39+,40+,41+/m1/s1. The first-order valence-electron chi connectivity index (χ1n) is 27.3. The zero-order valence-electron chi connectivity index (χ0n) is 49.0. The Balaban J connectivity index is 6.76. The van der Waals surface area contributed by atoms with Gasteiger partial charge >= 0.3 is 17.9 Å². The molecular formula is C52H93N13O16. The molecule has 0 heterocycles. The fourth-order valence-electron chi connectivity index (χ4n) is 8.05. The zero-order valence-corrected chi connectivity index (χ0v) is 49.0. The van der Waals surface area contributed by atoms with Gasteiger partial charge in [-0.1, -0.05) is 83.1 Å². The molecule has 0 radical (unpaired) electrons. The van der Waals surface area contributed by atoms with Crippen molar-refractivity contribution in [3.05, 3.63) is 0 Å². The molecule has 81 heavy (non-hydrogen) atoms. The molecule has 29 heteroatoms. The van der Waals surface area contributed by atoms with Gasteiger partial charge in [-0.25, -0.2) is 4.79 Å². The van der Waals surface area contributed by atoms with E-state index in [0.717, 1.165) is 0 Å². The van der Waals surface area contributed by atoms with Crippen molar-refractivity contribution in [3.8, 4) is 0 Å². The number of nitrogens with one attached hydrogen (secondary N) is 9. The highest BCUT2D eigenvalue weighted by Gasteiger charge is 2.38. The van der Waals surface area contributed by atoms with Crippen LogP contribution in [0.3, 0.4) is 0 Å². The fraction of sp³-hybridized carbons (Fsp3) is 0.750. The third kappa shape index (κ3) is 28.7. The number of aliphatic imine (C=N–C) groups is 1. The highest BCUT2D eigenvalue weighted by atomic mass is 16.4. The van der Waals surface area contributed by atoms with Gasteiger partial charge in [0.05, 0.1) is 18.6 Å². The van der Waals surface area contributed by atoms with Crippen molar-refractivity contribution < 1.29 is 78.0 Å². The molecule has 0 aliphatic heterocycles. The maximum atomic E-state index is 14.0. The highest BCUT2D eigenvalue weighted by molar-refractivity contribution is 5.99. The Kier molecular flexibility index (Phi) is 33.0. The van der Waals surface area contributed by atoms with Gasteiger partial charge in [0.25, 0.3) is 0 Å². The van der Waals surface area contributed by atoms with Crippen LogP contribution in [-0.4, -0.2) is 171 Å². The van der Waals surface area contributed by atoms with Crippen molar-refractivity contribution >= 4 is 77.0 Å². The largest absolute Gasteiger partial charge is 0.481 e. The lowest BCUT2D eigenvalue weighted by Crippen LogP contribution is -2.63. The number of amides is 9. The van der Waals surface area contributed by atoms with Crippen molar-refractivity contribution in [2.45, 2.75) is 208 Å². The van der Waals surface area contributed by atoms with Crippen LogP contribution in [0.15, 0.2) is 4.99 Å². The number of aliphatic hydroxyl groups excluding tert-OH is 1. The second kappa shape index (κ2) is 36.2. The maximum absolute atomic E-state index is 14.0. The van der Waals surface area contributed by atoms with Crippen molar-refractivity contribution in [1.82, 2.24) is 47.9 Å². The molecule has 0 aromatic heterocycles. The predicted octanol–water partition coefficient (Wildman–Crippen LogP) is -2.36. The second-order valence-corrected chi connectivity index (χ2v) is 22.5. The average molecular weight is 1160 g/mol. The Morgan fingerprint density at radius 3 is 1.19 bits per heavy atom. The molecule has 0 aromatic rings. The van der Waals surface area contributed by atoms with E-state index in [-0.39, 0.29) is 55.9 Å². The molecule has 0 unspecified atom stereocenters. The average Bonchev–Trinajstić information content (AvgIpc) is 3.32. The van der Waals surface area contributed by atoms with Gasteiger partial charge in [-0.05, 0) is 81.0 Å². The molecule has 0 aromatic carbocycles. The number of rotatable bonds is 38. The number of guanidine groups is 1. The highest BCUT2D eigenvalue weighted by Crippen LogP contribution is 2.14. The van der Waals surface area contributed by atoms with E-state index >= 15 is 0 Å². The summed E-state index contributed by atoms with van der Waals surface area (Å²) in [5.41, 5.74) is 16.9. The molecule has 0 fully saturated rings. The summed E-state index contributed by atoms with van der Waals surface area (Å²) in [4.78, 5) is 163. The molecule has 9 amide bonds. The first-order valence-corrected chi connectivity index (χ1v) is 27.3. The third-order valence-electron chi connectivity index (χ3n) is 12.4. The lowest BCUT2D eigenvalue weighted by atomic mass is 9.98. The van der Waals surface area contributed by atoms with Gasteiger partial charge in [-0.15, -0.1) is 0 Å². The van der Waals surface area contributed by atoms with Gasteiger partial charge in [0.1, 0.15) is 54.4 Å². The Bertz CT molecular complexity index is 2180. The summed E-state index contributed by atoms with van der Waals surface area (Å²) in [5.74, 6) is -15.7. The van der Waals surface area contributed by atoms with Gasteiger partial charge in [0.2, 0.25) is 53.2 Å². The van der Waals surface area contributed by atoms with E-state index in [9.17, 15) is 78.0 Å². The Morgan fingerprint density at radius 1 is 0.407 bits per heavy atom. The molecule has 29 nitrogen and oxygen atoms in total. The number of nitrogens with zero attached hydrogens (tertiary/aromatic N) is 1. The molecule has 11 atom stereocenters. The second-order valence-electron chi connectivity index (χ2n) is 22.5. The topological polar surface area (TPSA) is 484 Å². The SMILES string of the molecule is CC(C)C[C@H](NC(=O)[C@H](CC(=O)O)NC(=O)[C@H](CCC(=O)O)NC(=O)[C@@H](NC(=O)[C@@H](NC(=O)[C@@H](NC(=O)[C@H](CC(C)C)NC(=O)[C@@H](N)CC(C)C)C(C)C)[C@@H](C)O)C(C)C)C(=O)N[C@@H](CCCN=C(N)N)C(=O)N[C@H](C(=O)O)C(C)C. The van der Waals surface area contributed by atoms with Gasteiger partial charge in [0.15, 0.2) is 5.96 Å².